The summed E-state index contributed by atoms with van der Waals surface area (Å²) >= 11 is 0.410. The Hall–Kier alpha value is 0.616. The van der Waals surface area contributed by atoms with Crippen molar-refractivity contribution in [3.63, 3.8) is 0 Å². The molecule has 0 N–H and O–H groups in total. The topological polar surface area (TPSA) is 47.6 Å². The van der Waals surface area contributed by atoms with E-state index in [9.17, 15) is 0 Å². The predicted molar refractivity (Wildman–Crippen MR) is 18.0 cm³/mol. The zero-order valence-electron chi connectivity index (χ0n) is 2.97. The van der Waals surface area contributed by atoms with Gasteiger partial charge in [0.1, 0.15) is 0 Å². The summed E-state index contributed by atoms with van der Waals surface area (Å²) in [7, 11) is 0. The molecule has 0 radical (unpaired) electrons. The van der Waals surface area contributed by atoms with E-state index in [0.29, 0.717) is 49.0 Å². The van der Waals surface area contributed by atoms with Crippen LogP contribution in [0.15, 0.2) is 0 Å². The summed E-state index contributed by atoms with van der Waals surface area (Å²) in [4.78, 5) is 0. The van der Waals surface area contributed by atoms with Gasteiger partial charge in [-0.3, -0.25) is 0 Å². The first-order valence-electron chi connectivity index (χ1n) is 0.982. The molecule has 0 bridgehead atoms. The Morgan fingerprint density at radius 3 is 1.60 bits per heavy atom. The van der Waals surface area contributed by atoms with Crippen LogP contribution in [0, 0.1) is 17.3 Å². The van der Waals surface area contributed by atoms with Crippen molar-refractivity contribution in [2.45, 2.75) is 0 Å². The fraction of sp³-hybridized carbons (Fsp3) is 0. The third-order valence-electron chi connectivity index (χ3n) is 0. The van der Waals surface area contributed by atoms with Gasteiger partial charge in [0.25, 0.3) is 0 Å². The number of hydrogen-bond donors (Lipinski definition) is 0. The Morgan fingerprint density at radius 1 is 1.60 bits per heavy atom. The molecule has 0 fully saturated rings. The Bertz CT molecular complexity index is 50.4. The monoisotopic (exact) mass is 92.0 g/mol. The fourth-order valence-electron chi connectivity index (χ4n) is 0. The van der Waals surface area contributed by atoms with E-state index in [0.717, 1.165) is 0 Å². The molecule has 0 aliphatic carbocycles. The van der Waals surface area contributed by atoms with Crippen molar-refractivity contribution in [2.24, 2.45) is 0 Å². The standard InChI is InChI=1S/CHN.CN.K/c2*1-2;/h1H;;. The molecule has 2 nitrogen and oxygen atoms in total. The predicted octanol–water partition coefficient (Wildman–Crippen LogP) is -0.224. The third-order valence-corrected chi connectivity index (χ3v) is 0. The molecular weight excluding hydrogens is 91.1 g/mol. The maximum absolute atomic E-state index is 7.40. The van der Waals surface area contributed by atoms with Crippen LogP contribution in [-0.4, -0.2) is 49.0 Å². The molecule has 0 aromatic rings. The zero-order chi connectivity index (χ0) is 4.71. The van der Waals surface area contributed by atoms with Gasteiger partial charge >= 0.3 is 54.4 Å². The van der Waals surface area contributed by atoms with Crippen molar-refractivity contribution in [3.8, 4) is 6.74 Å². The van der Waals surface area contributed by atoms with E-state index < -0.39 is 0 Å². The summed E-state index contributed by atoms with van der Waals surface area (Å²) in [5.74, 6) is 0. The van der Waals surface area contributed by atoms with Crippen LogP contribution < -0.4 is 0 Å². The van der Waals surface area contributed by atoms with Crippen LogP contribution in [0.3, 0.4) is 0 Å². The summed E-state index contributed by atoms with van der Waals surface area (Å²) in [5.41, 5.74) is 0. The van der Waals surface area contributed by atoms with Gasteiger partial charge in [-0.25, -0.2) is 5.26 Å². The van der Waals surface area contributed by atoms with Crippen LogP contribution >= 0.6 is 0 Å². The minimum absolute atomic E-state index is 0.410. The van der Waals surface area contributed by atoms with Crippen LogP contribution in [0.2, 0.25) is 0 Å². The van der Waals surface area contributed by atoms with E-state index >= 15 is 0 Å². The molecule has 0 unspecified atom stereocenters. The van der Waals surface area contributed by atoms with Crippen molar-refractivity contribution in [1.82, 2.24) is 0 Å². The Labute approximate surface area is 65.0 Å². The molecule has 0 atom stereocenters. The van der Waals surface area contributed by atoms with Gasteiger partial charge in [0.2, 0.25) is 0 Å². The maximum atomic E-state index is 7.40. The quantitative estimate of drug-likeness (QED) is 0.388. The van der Waals surface area contributed by atoms with Crippen LogP contribution in [-0.2, 0) is 0 Å². The van der Waals surface area contributed by atoms with Crippen molar-refractivity contribution >= 4 is 49.0 Å². The fourth-order valence-corrected chi connectivity index (χ4v) is 0. The Kier molecular flexibility index (Phi) is 42.3. The van der Waals surface area contributed by atoms with Gasteiger partial charge < -0.3 is 0 Å². The van der Waals surface area contributed by atoms with Crippen molar-refractivity contribution in [2.75, 3.05) is 0 Å². The van der Waals surface area contributed by atoms with Crippen molar-refractivity contribution in [1.29, 1.82) is 10.5 Å². The molecule has 0 heterocycles. The first-order chi connectivity index (χ1) is 2.41. The number of nitrogens with zero attached hydrogens (tertiary/aromatic N) is 2. The van der Waals surface area contributed by atoms with E-state index in [1.54, 1.807) is 0 Å². The molecule has 0 rings (SSSR count). The number of hydrogen-bond acceptors (Lipinski definition) is 2. The van der Waals surface area contributed by atoms with Gasteiger partial charge in [0, 0.05) is 6.57 Å². The molecule has 20 valence electrons. The van der Waals surface area contributed by atoms with Crippen LogP contribution in [0.4, 0.5) is 0 Å². The summed E-state index contributed by atoms with van der Waals surface area (Å²) in [6.45, 7) is 3.50. The van der Waals surface area contributed by atoms with Crippen LogP contribution in [0.1, 0.15) is 0 Å². The molecule has 0 saturated heterocycles. The number of nitriles is 2. The van der Waals surface area contributed by atoms with Crippen LogP contribution in [0.25, 0.3) is 0 Å². The van der Waals surface area contributed by atoms with E-state index in [4.69, 9.17) is 10.5 Å². The van der Waals surface area contributed by atoms with E-state index in [1.807, 2.05) is 0.164 Å². The molecule has 0 saturated carbocycles. The molecular formula is C2HKN2. The Balaban J connectivity index is 0. The average Bonchev–Trinajstić information content (AvgIpc) is 1.46. The Morgan fingerprint density at radius 2 is 1.60 bits per heavy atom. The molecule has 0 aliphatic rings. The van der Waals surface area contributed by atoms with Gasteiger partial charge in [-0.1, -0.05) is 0 Å². The van der Waals surface area contributed by atoms with Gasteiger partial charge in [0.05, 0.1) is 0 Å². The second kappa shape index (κ2) is 23.1. The second-order valence-corrected chi connectivity index (χ2v) is 0.922. The second-order valence-electron chi connectivity index (χ2n) is 0.224. The molecule has 3 heteroatoms. The normalized spacial score (nSPS) is 2.20. The average molecular weight is 92.1 g/mol. The molecule has 0 amide bonds. The molecule has 0 aromatic heterocycles. The zero-order valence-corrected chi connectivity index (χ0v) is 6.09. The first-order valence-corrected chi connectivity index (χ1v) is 2.54. The van der Waals surface area contributed by atoms with E-state index in [1.165, 1.54) is 0 Å². The summed E-state index contributed by atoms with van der Waals surface area (Å²) in [6, 6.07) is 0. The van der Waals surface area contributed by atoms with Gasteiger partial charge in [-0.15, -0.1) is 0 Å². The van der Waals surface area contributed by atoms with E-state index in [2.05, 4.69) is 6.57 Å². The molecule has 0 spiro atoms. The van der Waals surface area contributed by atoms with Gasteiger partial charge in [0.15, 0.2) is 0 Å². The number of rotatable bonds is 0. The summed E-state index contributed by atoms with van der Waals surface area (Å²) in [5, 5.41) is 13.9. The van der Waals surface area contributed by atoms with Crippen molar-refractivity contribution < 1.29 is 0 Å². The molecule has 0 aromatic carbocycles. The van der Waals surface area contributed by atoms with E-state index in [-0.39, 0.29) is 0 Å². The van der Waals surface area contributed by atoms with Crippen molar-refractivity contribution in [3.05, 3.63) is 0 Å². The third kappa shape index (κ3) is 83.2. The summed E-state index contributed by atoms with van der Waals surface area (Å²) < 4.78 is 1.94. The first kappa shape index (κ1) is 9.15. The van der Waals surface area contributed by atoms with Gasteiger partial charge in [-0.2, -0.15) is 0 Å². The van der Waals surface area contributed by atoms with Crippen LogP contribution in [0.5, 0.6) is 0 Å². The molecule has 5 heavy (non-hydrogen) atoms. The SMILES string of the molecule is C#N.N#[C][K]. The minimum atomic E-state index is 0.410. The molecule has 0 aliphatic heterocycles. The van der Waals surface area contributed by atoms with Gasteiger partial charge in [-0.05, 0) is 0 Å². The summed E-state index contributed by atoms with van der Waals surface area (Å²) in [6.07, 6.45) is 0.